The number of piperazine rings is 1. The molecule has 2 N–H and O–H groups in total. The molecule has 0 unspecified atom stereocenters. The summed E-state index contributed by atoms with van der Waals surface area (Å²) < 4.78 is 44.0. The highest BCUT2D eigenvalue weighted by Gasteiger charge is 2.34. The molecule has 0 spiro atoms. The molecular formula is C32H33F3N6O2. The summed E-state index contributed by atoms with van der Waals surface area (Å²) in [6, 6.07) is 8.95. The first-order chi connectivity index (χ1) is 20.6. The van der Waals surface area contributed by atoms with Crippen LogP contribution in [0.3, 0.4) is 0 Å². The van der Waals surface area contributed by atoms with Gasteiger partial charge in [-0.05, 0) is 61.2 Å². The number of carbonyl (C=O) groups is 2. The Morgan fingerprint density at radius 3 is 2.56 bits per heavy atom. The van der Waals surface area contributed by atoms with E-state index in [1.807, 2.05) is 24.0 Å². The van der Waals surface area contributed by atoms with E-state index in [0.29, 0.717) is 56.9 Å². The van der Waals surface area contributed by atoms with Crippen LogP contribution < -0.4 is 10.7 Å². The third-order valence-corrected chi connectivity index (χ3v) is 7.56. The lowest BCUT2D eigenvalue weighted by Crippen LogP contribution is -2.46. The van der Waals surface area contributed by atoms with Crippen LogP contribution in [0.25, 0.3) is 6.08 Å². The van der Waals surface area contributed by atoms with Crippen molar-refractivity contribution in [2.45, 2.75) is 33.0 Å². The highest BCUT2D eigenvalue weighted by Crippen LogP contribution is 2.35. The van der Waals surface area contributed by atoms with Crippen LogP contribution in [0, 0.1) is 18.8 Å². The van der Waals surface area contributed by atoms with E-state index in [2.05, 4.69) is 32.5 Å². The van der Waals surface area contributed by atoms with Gasteiger partial charge in [0.1, 0.15) is 11.5 Å². The molecule has 1 saturated heterocycles. The van der Waals surface area contributed by atoms with Crippen molar-refractivity contribution in [3.63, 3.8) is 0 Å². The van der Waals surface area contributed by atoms with Crippen LogP contribution in [-0.4, -0.2) is 70.4 Å². The van der Waals surface area contributed by atoms with Gasteiger partial charge in [0, 0.05) is 69.0 Å². The monoisotopic (exact) mass is 590 g/mol. The van der Waals surface area contributed by atoms with Gasteiger partial charge in [0.2, 0.25) is 0 Å². The second-order valence-corrected chi connectivity index (χ2v) is 10.8. The fourth-order valence-corrected chi connectivity index (χ4v) is 5.06. The molecule has 0 saturated carbocycles. The Hall–Kier alpha value is -4.40. The van der Waals surface area contributed by atoms with E-state index in [1.54, 1.807) is 36.0 Å². The minimum atomic E-state index is -4.58. The van der Waals surface area contributed by atoms with Gasteiger partial charge in [0.25, 0.3) is 5.91 Å². The Bertz CT molecular complexity index is 1610. The largest absolute Gasteiger partial charge is 0.416 e. The van der Waals surface area contributed by atoms with Crippen molar-refractivity contribution in [1.82, 2.24) is 19.5 Å². The fraction of sp³-hybridized carbons (Fsp3) is 0.344. The standard InChI is InChI=1S/C32H33F3N6O2/c1-22-5-6-25(18-24(22)8-10-28-20-36-30-4-3-12-37-41(28)30)31(43)38-27-9-7-26(29(19-27)32(33,34)35)21-40-16-14-39(15-17-40)13-11-23(2)42/h3-7,9,18-20,37H,11-17,21H2,1-2H3,(H,38,43). The predicted molar refractivity (Wildman–Crippen MR) is 159 cm³/mol. The van der Waals surface area contributed by atoms with Crippen molar-refractivity contribution in [2.75, 3.05) is 50.0 Å². The number of aromatic nitrogens is 2. The molecule has 3 heterocycles. The number of benzene rings is 2. The number of nitrogens with zero attached hydrogens (tertiary/aromatic N) is 4. The lowest BCUT2D eigenvalue weighted by atomic mass is 10.0. The van der Waals surface area contributed by atoms with Crippen molar-refractivity contribution in [1.29, 1.82) is 0 Å². The van der Waals surface area contributed by atoms with Gasteiger partial charge >= 0.3 is 6.18 Å². The quantitative estimate of drug-likeness (QED) is 0.394. The molecule has 1 amide bonds. The highest BCUT2D eigenvalue weighted by molar-refractivity contribution is 6.04. The van der Waals surface area contributed by atoms with Crippen LogP contribution in [0.5, 0.6) is 0 Å². The van der Waals surface area contributed by atoms with Crippen molar-refractivity contribution >= 4 is 23.5 Å². The fourth-order valence-electron chi connectivity index (χ4n) is 5.06. The number of anilines is 1. The second-order valence-electron chi connectivity index (χ2n) is 10.8. The number of imidazole rings is 1. The molecule has 2 aromatic carbocycles. The number of rotatable bonds is 7. The van der Waals surface area contributed by atoms with Gasteiger partial charge in [0.15, 0.2) is 5.82 Å². The Labute approximate surface area is 248 Å². The molecular weight excluding hydrogens is 557 g/mol. The average molecular weight is 591 g/mol. The number of fused-ring (bicyclic) bond motifs is 1. The summed E-state index contributed by atoms with van der Waals surface area (Å²) in [5, 5.41) is 2.62. The van der Waals surface area contributed by atoms with Crippen molar-refractivity contribution < 1.29 is 22.8 Å². The smallest absolute Gasteiger partial charge is 0.322 e. The number of hydrogen-bond acceptors (Lipinski definition) is 6. The van der Waals surface area contributed by atoms with Crippen LogP contribution in [0.1, 0.15) is 57.5 Å². The maximum absolute atomic E-state index is 14.1. The van der Waals surface area contributed by atoms with E-state index >= 15 is 0 Å². The van der Waals surface area contributed by atoms with Crippen LogP contribution >= 0.6 is 0 Å². The number of hydrogen-bond donors (Lipinski definition) is 2. The minimum Gasteiger partial charge on any atom is -0.322 e. The van der Waals surface area contributed by atoms with Crippen LogP contribution in [-0.2, 0) is 17.5 Å². The number of alkyl halides is 3. The van der Waals surface area contributed by atoms with Crippen LogP contribution in [0.15, 0.2) is 48.7 Å². The van der Waals surface area contributed by atoms with Gasteiger partial charge in [-0.2, -0.15) is 13.2 Å². The first kappa shape index (κ1) is 30.1. The lowest BCUT2D eigenvalue weighted by Gasteiger charge is -2.35. The molecule has 5 rings (SSSR count). The summed E-state index contributed by atoms with van der Waals surface area (Å²) in [5.41, 5.74) is 5.06. The zero-order chi connectivity index (χ0) is 30.6. The summed E-state index contributed by atoms with van der Waals surface area (Å²) in [4.78, 5) is 32.8. The highest BCUT2D eigenvalue weighted by atomic mass is 19.4. The maximum atomic E-state index is 14.1. The Morgan fingerprint density at radius 1 is 1.05 bits per heavy atom. The normalized spacial score (nSPS) is 15.3. The summed E-state index contributed by atoms with van der Waals surface area (Å²) in [5.74, 6) is 6.51. The number of amides is 1. The molecule has 0 radical (unpaired) electrons. The SMILES string of the molecule is CC(=O)CCN1CCN(Cc2ccc(NC(=O)c3ccc(C)c(C#Cc4cnc5n4NCC=C5)c3)cc2C(F)(F)F)CC1. The van der Waals surface area contributed by atoms with Crippen molar-refractivity contribution in [3.05, 3.63) is 88.0 Å². The van der Waals surface area contributed by atoms with Gasteiger partial charge in [-0.3, -0.25) is 14.5 Å². The molecule has 1 fully saturated rings. The molecule has 0 bridgehead atoms. The molecule has 0 aliphatic carbocycles. The molecule has 11 heteroatoms. The number of halogens is 3. The number of aryl methyl sites for hydroxylation is 1. The molecule has 8 nitrogen and oxygen atoms in total. The van der Waals surface area contributed by atoms with E-state index in [4.69, 9.17) is 0 Å². The number of nitrogens with one attached hydrogen (secondary N) is 2. The molecule has 224 valence electrons. The number of carbonyl (C=O) groups excluding carboxylic acids is 2. The molecule has 43 heavy (non-hydrogen) atoms. The van der Waals surface area contributed by atoms with E-state index in [9.17, 15) is 22.8 Å². The Balaban J connectivity index is 1.27. The summed E-state index contributed by atoms with van der Waals surface area (Å²) >= 11 is 0. The molecule has 2 aliphatic rings. The van der Waals surface area contributed by atoms with Gasteiger partial charge < -0.3 is 15.6 Å². The molecule has 3 aromatic rings. The minimum absolute atomic E-state index is 0.0633. The topological polar surface area (TPSA) is 82.5 Å². The second kappa shape index (κ2) is 12.9. The third-order valence-electron chi connectivity index (χ3n) is 7.56. The zero-order valence-electron chi connectivity index (χ0n) is 24.1. The van der Waals surface area contributed by atoms with E-state index in [0.717, 1.165) is 17.5 Å². The van der Waals surface area contributed by atoms with Gasteiger partial charge in [0.05, 0.1) is 11.8 Å². The van der Waals surface area contributed by atoms with Gasteiger partial charge in [-0.25, -0.2) is 9.66 Å². The predicted octanol–water partition coefficient (Wildman–Crippen LogP) is 4.53. The summed E-state index contributed by atoms with van der Waals surface area (Å²) in [6.45, 7) is 7.53. The molecule has 1 aromatic heterocycles. The Morgan fingerprint density at radius 2 is 1.81 bits per heavy atom. The van der Waals surface area contributed by atoms with E-state index < -0.39 is 17.6 Å². The first-order valence-electron chi connectivity index (χ1n) is 14.1. The van der Waals surface area contributed by atoms with Crippen molar-refractivity contribution in [2.24, 2.45) is 0 Å². The van der Waals surface area contributed by atoms with Gasteiger partial charge in [-0.15, -0.1) is 0 Å². The zero-order valence-corrected chi connectivity index (χ0v) is 24.1. The summed E-state index contributed by atoms with van der Waals surface area (Å²) in [6.07, 6.45) is 1.42. The third kappa shape index (κ3) is 7.52. The first-order valence-corrected chi connectivity index (χ1v) is 14.1. The maximum Gasteiger partial charge on any atom is 0.416 e. The van der Waals surface area contributed by atoms with Crippen LogP contribution in [0.4, 0.5) is 18.9 Å². The van der Waals surface area contributed by atoms with Crippen LogP contribution in [0.2, 0.25) is 0 Å². The average Bonchev–Trinajstić information content (AvgIpc) is 3.39. The van der Waals surface area contributed by atoms with E-state index in [1.165, 1.54) is 12.1 Å². The Kier molecular flexibility index (Phi) is 8.99. The lowest BCUT2D eigenvalue weighted by molar-refractivity contribution is -0.138. The number of ketones is 1. The number of Topliss-reactive ketones (excluding diaryl/α,β-unsaturated/α-hetero) is 1. The molecule has 0 atom stereocenters. The van der Waals surface area contributed by atoms with E-state index in [-0.39, 0.29) is 29.1 Å². The molecule has 2 aliphatic heterocycles. The van der Waals surface area contributed by atoms with Gasteiger partial charge in [-0.1, -0.05) is 24.1 Å². The summed E-state index contributed by atoms with van der Waals surface area (Å²) in [7, 11) is 0. The van der Waals surface area contributed by atoms with Crippen molar-refractivity contribution in [3.8, 4) is 11.8 Å².